The SMILES string of the molecule is CC(C)(C)OC(=O)N(N)Cc1ccc(B(O)O)cc1. The van der Waals surface area contributed by atoms with Crippen LogP contribution >= 0.6 is 0 Å². The summed E-state index contributed by atoms with van der Waals surface area (Å²) in [6, 6.07) is 6.45. The van der Waals surface area contributed by atoms with Gasteiger partial charge in [-0.3, -0.25) is 0 Å². The van der Waals surface area contributed by atoms with Crippen molar-refractivity contribution in [2.75, 3.05) is 0 Å². The van der Waals surface area contributed by atoms with E-state index in [1.807, 2.05) is 0 Å². The van der Waals surface area contributed by atoms with Gasteiger partial charge in [-0.15, -0.1) is 0 Å². The van der Waals surface area contributed by atoms with Crippen molar-refractivity contribution in [3.05, 3.63) is 29.8 Å². The van der Waals surface area contributed by atoms with Crippen LogP contribution in [0.1, 0.15) is 26.3 Å². The third-order valence-electron chi connectivity index (χ3n) is 2.26. The van der Waals surface area contributed by atoms with Crippen molar-refractivity contribution in [2.24, 2.45) is 5.84 Å². The molecular formula is C12H19BN2O4. The molecule has 0 aliphatic carbocycles. The van der Waals surface area contributed by atoms with Crippen LogP contribution in [0.3, 0.4) is 0 Å². The van der Waals surface area contributed by atoms with Gasteiger partial charge in [0.05, 0.1) is 6.54 Å². The summed E-state index contributed by atoms with van der Waals surface area (Å²) in [7, 11) is -1.51. The van der Waals surface area contributed by atoms with Gasteiger partial charge in [-0.2, -0.15) is 0 Å². The van der Waals surface area contributed by atoms with Gasteiger partial charge in [-0.25, -0.2) is 15.6 Å². The van der Waals surface area contributed by atoms with Crippen molar-refractivity contribution in [1.29, 1.82) is 0 Å². The molecule has 1 aromatic rings. The standard InChI is InChI=1S/C12H19BN2O4/c1-12(2,3)19-11(16)15(14)8-9-4-6-10(7-5-9)13(17)18/h4-7,17-18H,8,14H2,1-3H3. The first-order valence-electron chi connectivity index (χ1n) is 5.89. The summed E-state index contributed by atoms with van der Waals surface area (Å²) in [5.74, 6) is 5.61. The first kappa shape index (κ1) is 15.5. The summed E-state index contributed by atoms with van der Waals surface area (Å²) in [5, 5.41) is 18.9. The number of hydrogen-bond donors (Lipinski definition) is 3. The fourth-order valence-electron chi connectivity index (χ4n) is 1.38. The van der Waals surface area contributed by atoms with E-state index in [-0.39, 0.29) is 6.54 Å². The van der Waals surface area contributed by atoms with Gasteiger partial charge >= 0.3 is 13.2 Å². The van der Waals surface area contributed by atoms with Crippen LogP contribution in [0, 0.1) is 0 Å². The smallest absolute Gasteiger partial charge is 0.443 e. The van der Waals surface area contributed by atoms with E-state index in [9.17, 15) is 4.79 Å². The molecule has 19 heavy (non-hydrogen) atoms. The van der Waals surface area contributed by atoms with Crippen molar-refractivity contribution in [3.63, 3.8) is 0 Å². The van der Waals surface area contributed by atoms with E-state index in [1.165, 1.54) is 0 Å². The van der Waals surface area contributed by atoms with E-state index in [4.69, 9.17) is 20.6 Å². The molecular weight excluding hydrogens is 247 g/mol. The molecule has 0 unspecified atom stereocenters. The topological polar surface area (TPSA) is 96.0 Å². The van der Waals surface area contributed by atoms with Crippen molar-refractivity contribution in [1.82, 2.24) is 5.01 Å². The Hall–Kier alpha value is -1.57. The van der Waals surface area contributed by atoms with Gasteiger partial charge in [-0.1, -0.05) is 24.3 Å². The number of benzene rings is 1. The van der Waals surface area contributed by atoms with Crippen molar-refractivity contribution in [2.45, 2.75) is 32.9 Å². The molecule has 1 amide bonds. The van der Waals surface area contributed by atoms with Crippen molar-refractivity contribution < 1.29 is 19.6 Å². The third kappa shape index (κ3) is 5.29. The molecule has 0 bridgehead atoms. The van der Waals surface area contributed by atoms with Crippen LogP contribution in [-0.4, -0.2) is 33.9 Å². The summed E-state index contributed by atoms with van der Waals surface area (Å²) in [6.45, 7) is 5.46. The molecule has 0 atom stereocenters. The minimum Gasteiger partial charge on any atom is -0.443 e. The van der Waals surface area contributed by atoms with Crippen molar-refractivity contribution in [3.8, 4) is 0 Å². The quantitative estimate of drug-likeness (QED) is 0.309. The van der Waals surface area contributed by atoms with Crippen LogP contribution in [0.25, 0.3) is 0 Å². The molecule has 0 aliphatic rings. The van der Waals surface area contributed by atoms with Gasteiger partial charge in [0.1, 0.15) is 5.60 Å². The Kier molecular flexibility index (Phi) is 4.93. The fourth-order valence-corrected chi connectivity index (χ4v) is 1.38. The van der Waals surface area contributed by atoms with Gasteiger partial charge in [0.15, 0.2) is 0 Å². The van der Waals surface area contributed by atoms with E-state index in [1.54, 1.807) is 45.0 Å². The third-order valence-corrected chi connectivity index (χ3v) is 2.26. The molecule has 0 spiro atoms. The van der Waals surface area contributed by atoms with Crippen LogP contribution in [0.5, 0.6) is 0 Å². The Morgan fingerprint density at radius 1 is 1.32 bits per heavy atom. The molecule has 1 rings (SSSR count). The summed E-state index contributed by atoms with van der Waals surface area (Å²) >= 11 is 0. The highest BCUT2D eigenvalue weighted by Gasteiger charge is 2.20. The number of carbonyl (C=O) groups is 1. The summed E-state index contributed by atoms with van der Waals surface area (Å²) in [4.78, 5) is 11.6. The molecule has 7 heteroatoms. The van der Waals surface area contributed by atoms with Gasteiger partial charge in [0, 0.05) is 0 Å². The maximum atomic E-state index is 11.6. The number of rotatable bonds is 3. The number of nitrogens with zero attached hydrogens (tertiary/aromatic N) is 1. The van der Waals surface area contributed by atoms with Crippen LogP contribution in [-0.2, 0) is 11.3 Å². The number of hydrogen-bond acceptors (Lipinski definition) is 5. The monoisotopic (exact) mass is 266 g/mol. The van der Waals surface area contributed by atoms with Gasteiger partial charge in [0.2, 0.25) is 0 Å². The Morgan fingerprint density at radius 3 is 2.26 bits per heavy atom. The lowest BCUT2D eigenvalue weighted by Gasteiger charge is -2.24. The molecule has 0 radical (unpaired) electrons. The van der Waals surface area contributed by atoms with E-state index in [0.29, 0.717) is 5.46 Å². The highest BCUT2D eigenvalue weighted by Crippen LogP contribution is 2.10. The van der Waals surface area contributed by atoms with Crippen LogP contribution in [0.4, 0.5) is 4.79 Å². The average Bonchev–Trinajstić information content (AvgIpc) is 2.27. The second-order valence-electron chi connectivity index (χ2n) is 5.22. The number of nitrogens with two attached hydrogens (primary N) is 1. The number of carbonyl (C=O) groups excluding carboxylic acids is 1. The molecule has 0 heterocycles. The lowest BCUT2D eigenvalue weighted by atomic mass is 9.80. The van der Waals surface area contributed by atoms with Gasteiger partial charge < -0.3 is 14.8 Å². The largest absolute Gasteiger partial charge is 0.488 e. The molecule has 0 fully saturated rings. The molecule has 0 saturated heterocycles. The molecule has 4 N–H and O–H groups in total. The Balaban J connectivity index is 2.61. The first-order chi connectivity index (χ1) is 8.69. The summed E-state index contributed by atoms with van der Waals surface area (Å²) in [6.07, 6.45) is -0.612. The number of ether oxygens (including phenoxy) is 1. The predicted octanol–water partition coefficient (Wildman–Crippen LogP) is -0.0228. The maximum absolute atomic E-state index is 11.6. The van der Waals surface area contributed by atoms with Crippen LogP contribution in [0.2, 0.25) is 0 Å². The molecule has 104 valence electrons. The summed E-state index contributed by atoms with van der Waals surface area (Å²) < 4.78 is 5.12. The molecule has 6 nitrogen and oxygen atoms in total. The summed E-state index contributed by atoms with van der Waals surface area (Å²) in [5.41, 5.74) is 0.543. The lowest BCUT2D eigenvalue weighted by Crippen LogP contribution is -2.41. The second-order valence-corrected chi connectivity index (χ2v) is 5.22. The van der Waals surface area contributed by atoms with E-state index < -0.39 is 18.8 Å². The lowest BCUT2D eigenvalue weighted by molar-refractivity contribution is 0.0231. The predicted molar refractivity (Wildman–Crippen MR) is 72.2 cm³/mol. The van der Waals surface area contributed by atoms with Crippen LogP contribution in [0.15, 0.2) is 24.3 Å². The zero-order valence-corrected chi connectivity index (χ0v) is 11.3. The first-order valence-corrected chi connectivity index (χ1v) is 5.89. The van der Waals surface area contributed by atoms with Crippen molar-refractivity contribution >= 4 is 18.7 Å². The molecule has 0 aliphatic heterocycles. The number of hydrazine groups is 1. The zero-order chi connectivity index (χ0) is 14.6. The normalized spacial score (nSPS) is 11.1. The molecule has 1 aromatic carbocycles. The second kappa shape index (κ2) is 6.05. The van der Waals surface area contributed by atoms with Gasteiger partial charge in [0.25, 0.3) is 0 Å². The Labute approximate surface area is 112 Å². The van der Waals surface area contributed by atoms with Crippen LogP contribution < -0.4 is 11.3 Å². The van der Waals surface area contributed by atoms with E-state index in [0.717, 1.165) is 10.6 Å². The zero-order valence-electron chi connectivity index (χ0n) is 11.3. The molecule has 0 saturated carbocycles. The minimum atomic E-state index is -1.51. The highest BCUT2D eigenvalue weighted by atomic mass is 16.6. The van der Waals surface area contributed by atoms with E-state index in [2.05, 4.69) is 0 Å². The minimum absolute atomic E-state index is 0.177. The fraction of sp³-hybridized carbons (Fsp3) is 0.417. The van der Waals surface area contributed by atoms with E-state index >= 15 is 0 Å². The number of amides is 1. The maximum Gasteiger partial charge on any atom is 0.488 e. The Morgan fingerprint density at radius 2 is 1.84 bits per heavy atom. The average molecular weight is 266 g/mol. The highest BCUT2D eigenvalue weighted by molar-refractivity contribution is 6.58. The Bertz CT molecular complexity index is 428. The molecule has 0 aromatic heterocycles. The van der Waals surface area contributed by atoms with Gasteiger partial charge in [-0.05, 0) is 31.8 Å².